The molecule has 1 fully saturated rings. The quantitative estimate of drug-likeness (QED) is 0.605. The van der Waals surface area contributed by atoms with Gasteiger partial charge in [-0.2, -0.15) is 0 Å². The maximum absolute atomic E-state index is 11.3. The molecule has 0 bridgehead atoms. The van der Waals surface area contributed by atoms with E-state index in [1.54, 1.807) is 5.01 Å². The summed E-state index contributed by atoms with van der Waals surface area (Å²) in [5.41, 5.74) is -0.439. The minimum absolute atomic E-state index is 0.120. The van der Waals surface area contributed by atoms with Gasteiger partial charge in [-0.15, -0.1) is 0 Å². The molecule has 1 amide bonds. The zero-order valence-corrected chi connectivity index (χ0v) is 9.04. The van der Waals surface area contributed by atoms with Gasteiger partial charge in [-0.1, -0.05) is 0 Å². The second kappa shape index (κ2) is 4.14. The summed E-state index contributed by atoms with van der Waals surface area (Å²) >= 11 is 0. The molecule has 1 aliphatic rings. The number of hydrogen-bond donors (Lipinski definition) is 2. The largest absolute Gasteiger partial charge is 0.444 e. The van der Waals surface area contributed by atoms with E-state index >= 15 is 0 Å². The van der Waals surface area contributed by atoms with Crippen LogP contribution in [0.15, 0.2) is 0 Å². The lowest BCUT2D eigenvalue weighted by Gasteiger charge is -2.21. The number of amides is 1. The highest BCUT2D eigenvalue weighted by Gasteiger charge is 2.24. The topological polar surface area (TPSA) is 67.6 Å². The Bertz CT molecular complexity index is 213. The first kappa shape index (κ1) is 11.3. The molecule has 0 radical (unpaired) electrons. The van der Waals surface area contributed by atoms with Gasteiger partial charge in [0, 0.05) is 19.1 Å². The third-order valence-corrected chi connectivity index (χ3v) is 1.94. The van der Waals surface area contributed by atoms with Gasteiger partial charge < -0.3 is 10.1 Å². The van der Waals surface area contributed by atoms with E-state index in [1.807, 2.05) is 20.8 Å². The Hall–Kier alpha value is -0.810. The SMILES string of the molecule is CC(C)(C)OC(=O)N[C@H]1CCN(N)C1. The molecular formula is C9H19N3O2. The number of nitrogens with two attached hydrogens (primary N) is 1. The van der Waals surface area contributed by atoms with Crippen LogP contribution in [0.4, 0.5) is 4.79 Å². The summed E-state index contributed by atoms with van der Waals surface area (Å²) in [6, 6.07) is 0.120. The third-order valence-electron chi connectivity index (χ3n) is 1.94. The Balaban J connectivity index is 2.27. The van der Waals surface area contributed by atoms with Crippen LogP contribution in [0.2, 0.25) is 0 Å². The van der Waals surface area contributed by atoms with Crippen molar-refractivity contribution in [3.05, 3.63) is 0 Å². The van der Waals surface area contributed by atoms with Crippen molar-refractivity contribution in [2.75, 3.05) is 13.1 Å². The van der Waals surface area contributed by atoms with Crippen LogP contribution in [-0.2, 0) is 4.74 Å². The van der Waals surface area contributed by atoms with Gasteiger partial charge in [0.2, 0.25) is 0 Å². The summed E-state index contributed by atoms with van der Waals surface area (Å²) in [7, 11) is 0. The van der Waals surface area contributed by atoms with E-state index in [0.29, 0.717) is 6.54 Å². The number of nitrogens with zero attached hydrogens (tertiary/aromatic N) is 1. The fraction of sp³-hybridized carbons (Fsp3) is 0.889. The molecule has 0 aromatic carbocycles. The molecule has 3 N–H and O–H groups in total. The monoisotopic (exact) mass is 201 g/mol. The van der Waals surface area contributed by atoms with Crippen LogP contribution in [0.3, 0.4) is 0 Å². The molecule has 1 atom stereocenters. The number of carbonyl (C=O) groups is 1. The molecule has 1 aliphatic heterocycles. The van der Waals surface area contributed by atoms with E-state index in [1.165, 1.54) is 0 Å². The van der Waals surface area contributed by atoms with E-state index in [0.717, 1.165) is 13.0 Å². The summed E-state index contributed by atoms with van der Waals surface area (Å²) in [5.74, 6) is 5.57. The Morgan fingerprint density at radius 3 is 2.64 bits per heavy atom. The highest BCUT2D eigenvalue weighted by atomic mass is 16.6. The minimum atomic E-state index is -0.439. The maximum Gasteiger partial charge on any atom is 0.407 e. The van der Waals surface area contributed by atoms with Crippen LogP contribution >= 0.6 is 0 Å². The van der Waals surface area contributed by atoms with Crippen molar-refractivity contribution in [3.63, 3.8) is 0 Å². The zero-order valence-electron chi connectivity index (χ0n) is 9.04. The molecule has 0 saturated carbocycles. The van der Waals surface area contributed by atoms with Gasteiger partial charge in [-0.3, -0.25) is 5.84 Å². The summed E-state index contributed by atoms with van der Waals surface area (Å²) in [6.07, 6.45) is 0.522. The molecule has 0 aromatic rings. The van der Waals surface area contributed by atoms with E-state index in [9.17, 15) is 4.79 Å². The van der Waals surface area contributed by atoms with Crippen molar-refractivity contribution < 1.29 is 9.53 Å². The maximum atomic E-state index is 11.3. The molecule has 14 heavy (non-hydrogen) atoms. The average Bonchev–Trinajstić information content (AvgIpc) is 2.30. The van der Waals surface area contributed by atoms with Crippen molar-refractivity contribution in [2.45, 2.75) is 38.8 Å². The molecule has 0 unspecified atom stereocenters. The molecule has 82 valence electrons. The lowest BCUT2D eigenvalue weighted by molar-refractivity contribution is 0.0506. The van der Waals surface area contributed by atoms with Gasteiger partial charge in [-0.05, 0) is 27.2 Å². The van der Waals surface area contributed by atoms with Crippen LogP contribution in [-0.4, -0.2) is 35.8 Å². The fourth-order valence-corrected chi connectivity index (χ4v) is 1.38. The third kappa shape index (κ3) is 3.93. The number of hydrogen-bond acceptors (Lipinski definition) is 4. The van der Waals surface area contributed by atoms with Crippen LogP contribution < -0.4 is 11.2 Å². The Kier molecular flexibility index (Phi) is 3.34. The molecule has 1 rings (SSSR count). The molecule has 1 saturated heterocycles. The van der Waals surface area contributed by atoms with Crippen LogP contribution in [0.25, 0.3) is 0 Å². The standard InChI is InChI=1S/C9H19N3O2/c1-9(2,3)14-8(13)11-7-4-5-12(10)6-7/h7H,4-6,10H2,1-3H3,(H,11,13)/t7-/m0/s1. The Morgan fingerprint density at radius 2 is 2.21 bits per heavy atom. The van der Waals surface area contributed by atoms with Crippen LogP contribution in [0.5, 0.6) is 0 Å². The predicted molar refractivity (Wildman–Crippen MR) is 53.5 cm³/mol. The number of rotatable bonds is 1. The highest BCUT2D eigenvalue weighted by Crippen LogP contribution is 2.09. The molecule has 5 nitrogen and oxygen atoms in total. The lowest BCUT2D eigenvalue weighted by Crippen LogP contribution is -2.41. The second-order valence-electron chi connectivity index (χ2n) is 4.63. The van der Waals surface area contributed by atoms with Gasteiger partial charge in [0.05, 0.1) is 0 Å². The van der Waals surface area contributed by atoms with Crippen molar-refractivity contribution in [3.8, 4) is 0 Å². The molecule has 0 spiro atoms. The molecule has 0 aliphatic carbocycles. The summed E-state index contributed by atoms with van der Waals surface area (Å²) in [6.45, 7) is 7.04. The normalized spacial score (nSPS) is 23.6. The van der Waals surface area contributed by atoms with Gasteiger partial charge in [0.25, 0.3) is 0 Å². The van der Waals surface area contributed by atoms with Crippen molar-refractivity contribution in [1.82, 2.24) is 10.3 Å². The fourth-order valence-electron chi connectivity index (χ4n) is 1.38. The number of hydrazine groups is 1. The molecular weight excluding hydrogens is 182 g/mol. The first-order chi connectivity index (χ1) is 6.37. The summed E-state index contributed by atoms with van der Waals surface area (Å²) < 4.78 is 5.13. The summed E-state index contributed by atoms with van der Waals surface area (Å²) in [4.78, 5) is 11.3. The van der Waals surface area contributed by atoms with Gasteiger partial charge in [0.1, 0.15) is 5.60 Å². The van der Waals surface area contributed by atoms with Crippen molar-refractivity contribution in [2.24, 2.45) is 5.84 Å². The number of carbonyl (C=O) groups excluding carboxylic acids is 1. The number of nitrogens with one attached hydrogen (secondary N) is 1. The first-order valence-electron chi connectivity index (χ1n) is 4.86. The highest BCUT2D eigenvalue weighted by molar-refractivity contribution is 5.68. The Morgan fingerprint density at radius 1 is 1.57 bits per heavy atom. The molecule has 5 heteroatoms. The first-order valence-corrected chi connectivity index (χ1v) is 4.86. The van der Waals surface area contributed by atoms with E-state index in [-0.39, 0.29) is 12.1 Å². The van der Waals surface area contributed by atoms with E-state index in [4.69, 9.17) is 10.6 Å². The molecule has 1 heterocycles. The minimum Gasteiger partial charge on any atom is -0.444 e. The average molecular weight is 201 g/mol. The van der Waals surface area contributed by atoms with Crippen molar-refractivity contribution >= 4 is 6.09 Å². The predicted octanol–water partition coefficient (Wildman–Crippen LogP) is 0.459. The van der Waals surface area contributed by atoms with E-state index in [2.05, 4.69) is 5.32 Å². The van der Waals surface area contributed by atoms with Crippen LogP contribution in [0.1, 0.15) is 27.2 Å². The lowest BCUT2D eigenvalue weighted by atomic mass is 10.2. The van der Waals surface area contributed by atoms with E-state index < -0.39 is 5.60 Å². The zero-order chi connectivity index (χ0) is 10.8. The van der Waals surface area contributed by atoms with Crippen molar-refractivity contribution in [1.29, 1.82) is 0 Å². The van der Waals surface area contributed by atoms with Gasteiger partial charge in [0.15, 0.2) is 0 Å². The Labute approximate surface area is 84.5 Å². The number of ether oxygens (including phenoxy) is 1. The second-order valence-corrected chi connectivity index (χ2v) is 4.63. The molecule has 0 aromatic heterocycles. The van der Waals surface area contributed by atoms with Gasteiger partial charge in [-0.25, -0.2) is 9.80 Å². The smallest absolute Gasteiger partial charge is 0.407 e. The van der Waals surface area contributed by atoms with Gasteiger partial charge >= 0.3 is 6.09 Å². The number of alkyl carbamates (subject to hydrolysis) is 1. The summed E-state index contributed by atoms with van der Waals surface area (Å²) in [5, 5.41) is 4.48. The van der Waals surface area contributed by atoms with Crippen LogP contribution in [0, 0.1) is 0 Å².